The van der Waals surface area contributed by atoms with Crippen LogP contribution in [0.5, 0.6) is 0 Å². The summed E-state index contributed by atoms with van der Waals surface area (Å²) >= 11 is 0. The Kier molecular flexibility index (Phi) is 4.62. The molecule has 2 amide bonds. The monoisotopic (exact) mass is 304 g/mol. The van der Waals surface area contributed by atoms with E-state index in [9.17, 15) is 9.59 Å². The van der Waals surface area contributed by atoms with Crippen LogP contribution in [0.25, 0.3) is 0 Å². The molecule has 22 heavy (non-hydrogen) atoms. The van der Waals surface area contributed by atoms with Gasteiger partial charge in [0.2, 0.25) is 11.8 Å². The normalized spacial score (nSPS) is 27.0. The molecule has 5 N–H and O–H groups in total. The Hall–Kier alpha value is -2.03. The van der Waals surface area contributed by atoms with E-state index in [4.69, 9.17) is 0 Å². The quantitative estimate of drug-likeness (QED) is 0.468. The molecule has 2 aliphatic heterocycles. The van der Waals surface area contributed by atoms with Crippen molar-refractivity contribution in [3.63, 3.8) is 0 Å². The second-order valence-corrected chi connectivity index (χ2v) is 5.54. The minimum Gasteiger partial charge on any atom is -0.346 e. The molecule has 0 radical (unpaired) electrons. The topological polar surface area (TPSA) is 107 Å². The third-order valence-corrected chi connectivity index (χ3v) is 4.03. The summed E-state index contributed by atoms with van der Waals surface area (Å²) in [6.45, 7) is 1.69. The molecular formula is C14H20N6O2. The highest BCUT2D eigenvalue weighted by Crippen LogP contribution is 2.19. The van der Waals surface area contributed by atoms with E-state index in [1.54, 1.807) is 24.5 Å². The van der Waals surface area contributed by atoms with Gasteiger partial charge in [0.1, 0.15) is 6.04 Å². The molecule has 2 saturated heterocycles. The van der Waals surface area contributed by atoms with E-state index >= 15 is 0 Å². The van der Waals surface area contributed by atoms with Gasteiger partial charge in [0.25, 0.3) is 0 Å². The van der Waals surface area contributed by atoms with E-state index in [0.717, 1.165) is 19.5 Å². The minimum atomic E-state index is -0.316. The molecule has 0 saturated carbocycles. The van der Waals surface area contributed by atoms with E-state index in [2.05, 4.69) is 31.8 Å². The number of piperidine rings is 1. The highest BCUT2D eigenvalue weighted by Gasteiger charge is 2.41. The van der Waals surface area contributed by atoms with Gasteiger partial charge in [-0.3, -0.25) is 20.0 Å². The number of nitrogens with one attached hydrogen (secondary N) is 5. The molecule has 0 aliphatic carbocycles. The third kappa shape index (κ3) is 3.41. The molecule has 0 bridgehead atoms. The van der Waals surface area contributed by atoms with Crippen molar-refractivity contribution >= 4 is 17.5 Å². The molecule has 3 atom stereocenters. The second-order valence-electron chi connectivity index (χ2n) is 5.54. The Morgan fingerprint density at radius 2 is 2.27 bits per heavy atom. The van der Waals surface area contributed by atoms with E-state index < -0.39 is 0 Å². The van der Waals surface area contributed by atoms with Gasteiger partial charge in [0.15, 0.2) is 0 Å². The van der Waals surface area contributed by atoms with Crippen LogP contribution in [0.3, 0.4) is 0 Å². The molecule has 2 aliphatic rings. The molecule has 118 valence electrons. The zero-order valence-electron chi connectivity index (χ0n) is 12.1. The van der Waals surface area contributed by atoms with Crippen LogP contribution in [-0.4, -0.2) is 48.5 Å². The van der Waals surface area contributed by atoms with Crippen LogP contribution in [0, 0.1) is 5.92 Å². The highest BCUT2D eigenvalue weighted by molar-refractivity contribution is 5.95. The molecular weight excluding hydrogens is 284 g/mol. The second kappa shape index (κ2) is 6.82. The lowest BCUT2D eigenvalue weighted by molar-refractivity contribution is -0.126. The Bertz CT molecular complexity index is 537. The first-order valence-electron chi connectivity index (χ1n) is 7.43. The zero-order chi connectivity index (χ0) is 15.4. The van der Waals surface area contributed by atoms with Gasteiger partial charge in [0, 0.05) is 24.7 Å². The fourth-order valence-corrected chi connectivity index (χ4v) is 2.90. The number of carbonyl (C=O) groups excluding carboxylic acids is 2. The molecule has 0 aromatic carbocycles. The Morgan fingerprint density at radius 3 is 3.09 bits per heavy atom. The number of pyridine rings is 1. The number of carbonyl (C=O) groups is 2. The van der Waals surface area contributed by atoms with Crippen molar-refractivity contribution in [3.8, 4) is 0 Å². The number of hydrogen-bond donors (Lipinski definition) is 5. The van der Waals surface area contributed by atoms with Crippen LogP contribution in [0.2, 0.25) is 0 Å². The van der Waals surface area contributed by atoms with Crippen LogP contribution in [-0.2, 0) is 9.59 Å². The fraction of sp³-hybridized carbons (Fsp3) is 0.500. The van der Waals surface area contributed by atoms with E-state index in [1.165, 1.54) is 0 Å². The summed E-state index contributed by atoms with van der Waals surface area (Å²) in [5.41, 5.74) is 6.80. The maximum Gasteiger partial charge on any atom is 0.243 e. The SMILES string of the molecule is O=C(CNC(=O)C1NNC2CCNCC21)Nc1cccnc1. The van der Waals surface area contributed by atoms with Crippen molar-refractivity contribution in [2.75, 3.05) is 25.0 Å². The zero-order valence-corrected chi connectivity index (χ0v) is 12.1. The van der Waals surface area contributed by atoms with Gasteiger partial charge in [0.05, 0.1) is 18.4 Å². The predicted molar refractivity (Wildman–Crippen MR) is 80.7 cm³/mol. The number of rotatable bonds is 4. The van der Waals surface area contributed by atoms with Gasteiger partial charge in [-0.1, -0.05) is 0 Å². The average Bonchev–Trinajstić information content (AvgIpc) is 2.98. The predicted octanol–water partition coefficient (Wildman–Crippen LogP) is -1.41. The van der Waals surface area contributed by atoms with Gasteiger partial charge in [-0.05, 0) is 25.1 Å². The Morgan fingerprint density at radius 1 is 1.36 bits per heavy atom. The number of hydrogen-bond acceptors (Lipinski definition) is 6. The highest BCUT2D eigenvalue weighted by atomic mass is 16.2. The lowest BCUT2D eigenvalue weighted by atomic mass is 9.89. The smallest absolute Gasteiger partial charge is 0.243 e. The van der Waals surface area contributed by atoms with Crippen molar-refractivity contribution in [2.24, 2.45) is 5.92 Å². The molecule has 0 spiro atoms. The van der Waals surface area contributed by atoms with Crippen molar-refractivity contribution in [2.45, 2.75) is 18.5 Å². The minimum absolute atomic E-state index is 0.0588. The standard InChI is InChI=1S/C14H20N6O2/c21-12(18-9-2-1-4-15-6-9)8-17-14(22)13-10-7-16-5-3-11(10)19-20-13/h1-2,4,6,10-11,13,16,19-20H,3,5,7-8H2,(H,17,22)(H,18,21). The van der Waals surface area contributed by atoms with Crippen LogP contribution in [0.15, 0.2) is 24.5 Å². The molecule has 2 fully saturated rings. The van der Waals surface area contributed by atoms with E-state index in [0.29, 0.717) is 11.7 Å². The number of aromatic nitrogens is 1. The largest absolute Gasteiger partial charge is 0.346 e. The summed E-state index contributed by atoms with van der Waals surface area (Å²) in [4.78, 5) is 27.9. The van der Waals surface area contributed by atoms with Gasteiger partial charge in [-0.25, -0.2) is 5.43 Å². The molecule has 3 unspecified atom stereocenters. The number of anilines is 1. The van der Waals surface area contributed by atoms with E-state index in [1.807, 2.05) is 0 Å². The molecule has 3 rings (SSSR count). The summed E-state index contributed by atoms with van der Waals surface area (Å²) < 4.78 is 0. The number of amides is 2. The summed E-state index contributed by atoms with van der Waals surface area (Å²) in [6.07, 6.45) is 4.17. The van der Waals surface area contributed by atoms with Crippen LogP contribution < -0.4 is 26.8 Å². The maximum atomic E-state index is 12.2. The van der Waals surface area contributed by atoms with Crippen molar-refractivity contribution in [1.29, 1.82) is 0 Å². The molecule has 8 nitrogen and oxygen atoms in total. The Labute approximate surface area is 128 Å². The molecule has 3 heterocycles. The van der Waals surface area contributed by atoms with Gasteiger partial charge >= 0.3 is 0 Å². The first-order valence-corrected chi connectivity index (χ1v) is 7.43. The van der Waals surface area contributed by atoms with Crippen molar-refractivity contribution in [3.05, 3.63) is 24.5 Å². The average molecular weight is 304 g/mol. The molecule has 1 aromatic rings. The lowest BCUT2D eigenvalue weighted by Crippen LogP contribution is -2.50. The van der Waals surface area contributed by atoms with Gasteiger partial charge in [-0.2, -0.15) is 0 Å². The molecule has 8 heteroatoms. The van der Waals surface area contributed by atoms with Crippen LogP contribution >= 0.6 is 0 Å². The Balaban J connectivity index is 1.47. The summed E-state index contributed by atoms with van der Waals surface area (Å²) in [6, 6.07) is 3.47. The summed E-state index contributed by atoms with van der Waals surface area (Å²) in [7, 11) is 0. The van der Waals surface area contributed by atoms with E-state index in [-0.39, 0.29) is 30.3 Å². The first kappa shape index (κ1) is 14.9. The van der Waals surface area contributed by atoms with Crippen LogP contribution in [0.4, 0.5) is 5.69 Å². The molecule has 1 aromatic heterocycles. The van der Waals surface area contributed by atoms with Crippen molar-refractivity contribution in [1.82, 2.24) is 26.5 Å². The summed E-state index contributed by atoms with van der Waals surface area (Å²) in [5.74, 6) is -0.231. The van der Waals surface area contributed by atoms with Gasteiger partial charge < -0.3 is 16.0 Å². The number of nitrogens with zero attached hydrogens (tertiary/aromatic N) is 1. The maximum absolute atomic E-state index is 12.2. The van der Waals surface area contributed by atoms with Crippen LogP contribution in [0.1, 0.15) is 6.42 Å². The number of hydrazine groups is 1. The van der Waals surface area contributed by atoms with Crippen molar-refractivity contribution < 1.29 is 9.59 Å². The lowest BCUT2D eigenvalue weighted by Gasteiger charge is -2.27. The summed E-state index contributed by atoms with van der Waals surface area (Å²) in [5, 5.41) is 8.65. The van der Waals surface area contributed by atoms with Gasteiger partial charge in [-0.15, -0.1) is 0 Å². The number of fused-ring (bicyclic) bond motifs is 1. The fourth-order valence-electron chi connectivity index (χ4n) is 2.90. The first-order chi connectivity index (χ1) is 10.7. The third-order valence-electron chi connectivity index (χ3n) is 4.03.